The van der Waals surface area contributed by atoms with Crippen LogP contribution in [-0.4, -0.2) is 18.4 Å². The Labute approximate surface area is 159 Å². The van der Waals surface area contributed by atoms with Gasteiger partial charge in [-0.2, -0.15) is 0 Å². The van der Waals surface area contributed by atoms with Gasteiger partial charge in [0.15, 0.2) is 0 Å². The van der Waals surface area contributed by atoms with E-state index in [0.717, 1.165) is 23.2 Å². The van der Waals surface area contributed by atoms with Crippen LogP contribution in [0.5, 0.6) is 0 Å². The van der Waals surface area contributed by atoms with Crippen molar-refractivity contribution in [1.82, 2.24) is 0 Å². The van der Waals surface area contributed by atoms with Crippen molar-refractivity contribution in [2.24, 2.45) is 0 Å². The van der Waals surface area contributed by atoms with Gasteiger partial charge in [-0.3, -0.25) is 9.59 Å². The van der Waals surface area contributed by atoms with Crippen LogP contribution in [0.2, 0.25) is 5.02 Å². The minimum atomic E-state index is -0.218. The van der Waals surface area contributed by atoms with Gasteiger partial charge in [-0.1, -0.05) is 30.7 Å². The molecule has 0 aromatic heterocycles. The van der Waals surface area contributed by atoms with Crippen LogP contribution >= 0.6 is 11.6 Å². The van der Waals surface area contributed by atoms with Crippen LogP contribution in [0.25, 0.3) is 0 Å². The SMILES string of the molecule is CCCC(=O)Nc1ccc(Cl)c(NC(=O)CNc2cc(C)ccc2C)c1. The highest BCUT2D eigenvalue weighted by atomic mass is 35.5. The highest BCUT2D eigenvalue weighted by Crippen LogP contribution is 2.26. The normalized spacial score (nSPS) is 10.3. The summed E-state index contributed by atoms with van der Waals surface area (Å²) in [6, 6.07) is 11.1. The lowest BCUT2D eigenvalue weighted by molar-refractivity contribution is -0.116. The number of rotatable bonds is 7. The topological polar surface area (TPSA) is 70.2 Å². The van der Waals surface area contributed by atoms with E-state index in [9.17, 15) is 9.59 Å². The number of nitrogens with one attached hydrogen (secondary N) is 3. The van der Waals surface area contributed by atoms with E-state index in [1.54, 1.807) is 18.2 Å². The number of carbonyl (C=O) groups excluding carboxylic acids is 2. The highest BCUT2D eigenvalue weighted by molar-refractivity contribution is 6.33. The van der Waals surface area contributed by atoms with Gasteiger partial charge in [0.2, 0.25) is 11.8 Å². The Kier molecular flexibility index (Phi) is 7.04. The summed E-state index contributed by atoms with van der Waals surface area (Å²) >= 11 is 6.15. The quantitative estimate of drug-likeness (QED) is 0.656. The predicted molar refractivity (Wildman–Crippen MR) is 108 cm³/mol. The van der Waals surface area contributed by atoms with E-state index >= 15 is 0 Å². The van der Waals surface area contributed by atoms with Crippen LogP contribution in [0.15, 0.2) is 36.4 Å². The molecule has 6 heteroatoms. The number of anilines is 3. The smallest absolute Gasteiger partial charge is 0.243 e. The molecule has 0 atom stereocenters. The zero-order chi connectivity index (χ0) is 19.1. The van der Waals surface area contributed by atoms with E-state index in [-0.39, 0.29) is 18.4 Å². The maximum Gasteiger partial charge on any atom is 0.243 e. The molecule has 5 nitrogen and oxygen atoms in total. The fourth-order valence-corrected chi connectivity index (χ4v) is 2.61. The first kappa shape index (κ1) is 19.8. The first-order valence-corrected chi connectivity index (χ1v) is 8.97. The van der Waals surface area contributed by atoms with Crippen molar-refractivity contribution >= 4 is 40.5 Å². The third kappa shape index (κ3) is 5.77. The molecule has 2 aromatic carbocycles. The number of aryl methyl sites for hydroxylation is 2. The monoisotopic (exact) mass is 373 g/mol. The van der Waals surface area contributed by atoms with Gasteiger partial charge in [0.05, 0.1) is 17.3 Å². The van der Waals surface area contributed by atoms with Crippen molar-refractivity contribution in [3.63, 3.8) is 0 Å². The van der Waals surface area contributed by atoms with Gasteiger partial charge < -0.3 is 16.0 Å². The Morgan fingerprint density at radius 3 is 2.46 bits per heavy atom. The molecule has 0 aliphatic rings. The van der Waals surface area contributed by atoms with Crippen molar-refractivity contribution in [1.29, 1.82) is 0 Å². The summed E-state index contributed by atoms with van der Waals surface area (Å²) in [5.74, 6) is -0.284. The van der Waals surface area contributed by atoms with Gasteiger partial charge in [-0.25, -0.2) is 0 Å². The molecule has 138 valence electrons. The summed E-state index contributed by atoms with van der Waals surface area (Å²) in [5, 5.41) is 9.11. The minimum Gasteiger partial charge on any atom is -0.376 e. The molecule has 0 saturated heterocycles. The Morgan fingerprint density at radius 2 is 1.73 bits per heavy atom. The summed E-state index contributed by atoms with van der Waals surface area (Å²) < 4.78 is 0. The van der Waals surface area contributed by atoms with Crippen LogP contribution in [0.3, 0.4) is 0 Å². The lowest BCUT2D eigenvalue weighted by Gasteiger charge is -2.13. The van der Waals surface area contributed by atoms with Crippen molar-refractivity contribution in [3.8, 4) is 0 Å². The number of carbonyl (C=O) groups is 2. The second kappa shape index (κ2) is 9.25. The van der Waals surface area contributed by atoms with E-state index in [2.05, 4.69) is 16.0 Å². The summed E-state index contributed by atoms with van der Waals surface area (Å²) in [6.45, 7) is 6.05. The van der Waals surface area contributed by atoms with Crippen molar-refractivity contribution in [2.45, 2.75) is 33.6 Å². The maximum absolute atomic E-state index is 12.3. The van der Waals surface area contributed by atoms with Crippen LogP contribution in [0, 0.1) is 13.8 Å². The van der Waals surface area contributed by atoms with E-state index in [1.165, 1.54) is 0 Å². The molecule has 0 bridgehead atoms. The van der Waals surface area contributed by atoms with Crippen LogP contribution in [-0.2, 0) is 9.59 Å². The van der Waals surface area contributed by atoms with Crippen molar-refractivity contribution < 1.29 is 9.59 Å². The summed E-state index contributed by atoms with van der Waals surface area (Å²) in [6.07, 6.45) is 1.22. The Balaban J connectivity index is 1.99. The standard InChI is InChI=1S/C20H24ClN3O2/c1-4-5-19(25)23-15-8-9-16(21)18(11-15)24-20(26)12-22-17-10-13(2)6-7-14(17)3/h6-11,22H,4-5,12H2,1-3H3,(H,23,25)(H,24,26). The molecule has 2 rings (SSSR count). The molecule has 2 amide bonds. The number of amides is 2. The van der Waals surface area contributed by atoms with E-state index < -0.39 is 0 Å². The fourth-order valence-electron chi connectivity index (χ4n) is 2.45. The Morgan fingerprint density at radius 1 is 0.962 bits per heavy atom. The summed E-state index contributed by atoms with van der Waals surface area (Å²) in [7, 11) is 0. The average molecular weight is 374 g/mol. The molecule has 0 radical (unpaired) electrons. The Bertz CT molecular complexity index is 806. The lowest BCUT2D eigenvalue weighted by Crippen LogP contribution is -2.22. The maximum atomic E-state index is 12.3. The molecule has 3 N–H and O–H groups in total. The van der Waals surface area contributed by atoms with Gasteiger partial charge in [-0.15, -0.1) is 0 Å². The van der Waals surface area contributed by atoms with Gasteiger partial charge in [-0.05, 0) is 55.7 Å². The summed E-state index contributed by atoms with van der Waals surface area (Å²) in [5.41, 5.74) is 4.19. The van der Waals surface area contributed by atoms with Gasteiger partial charge >= 0.3 is 0 Å². The summed E-state index contributed by atoms with van der Waals surface area (Å²) in [4.78, 5) is 24.0. The van der Waals surface area contributed by atoms with Crippen molar-refractivity contribution in [3.05, 3.63) is 52.5 Å². The molecular weight excluding hydrogens is 350 g/mol. The number of halogens is 1. The number of benzene rings is 2. The molecule has 0 saturated carbocycles. The first-order valence-electron chi connectivity index (χ1n) is 8.59. The molecule has 0 heterocycles. The molecule has 0 aliphatic heterocycles. The highest BCUT2D eigenvalue weighted by Gasteiger charge is 2.09. The van der Waals surface area contributed by atoms with Crippen LogP contribution in [0.1, 0.15) is 30.9 Å². The largest absolute Gasteiger partial charge is 0.376 e. The average Bonchev–Trinajstić information content (AvgIpc) is 2.59. The van der Waals surface area contributed by atoms with Gasteiger partial charge in [0.1, 0.15) is 0 Å². The van der Waals surface area contributed by atoms with Crippen LogP contribution in [0.4, 0.5) is 17.1 Å². The molecule has 26 heavy (non-hydrogen) atoms. The lowest BCUT2D eigenvalue weighted by atomic mass is 10.1. The van der Waals surface area contributed by atoms with Gasteiger partial charge in [0, 0.05) is 17.8 Å². The zero-order valence-corrected chi connectivity index (χ0v) is 16.0. The minimum absolute atomic E-state index is 0.0660. The van der Waals surface area contributed by atoms with E-state index in [0.29, 0.717) is 22.8 Å². The molecule has 0 aliphatic carbocycles. The second-order valence-corrected chi connectivity index (χ2v) is 6.62. The third-order valence-corrected chi connectivity index (χ3v) is 4.16. The van der Waals surface area contributed by atoms with E-state index in [1.807, 2.05) is 39.0 Å². The molecule has 0 fully saturated rings. The molecule has 0 spiro atoms. The Hall–Kier alpha value is -2.53. The van der Waals surface area contributed by atoms with Crippen LogP contribution < -0.4 is 16.0 Å². The zero-order valence-electron chi connectivity index (χ0n) is 15.3. The number of hydrogen-bond acceptors (Lipinski definition) is 3. The van der Waals surface area contributed by atoms with E-state index in [4.69, 9.17) is 11.6 Å². The van der Waals surface area contributed by atoms with Gasteiger partial charge in [0.25, 0.3) is 0 Å². The number of hydrogen-bond donors (Lipinski definition) is 3. The molecular formula is C20H24ClN3O2. The van der Waals surface area contributed by atoms with Crippen molar-refractivity contribution in [2.75, 3.05) is 22.5 Å². The molecule has 0 unspecified atom stereocenters. The molecule has 2 aromatic rings. The third-order valence-electron chi connectivity index (χ3n) is 3.83. The fraction of sp³-hybridized carbons (Fsp3) is 0.300. The second-order valence-electron chi connectivity index (χ2n) is 6.21. The predicted octanol–water partition coefficient (Wildman–Crippen LogP) is 4.75. The first-order chi connectivity index (χ1) is 12.4.